The van der Waals surface area contributed by atoms with E-state index < -0.39 is 23.7 Å². The highest BCUT2D eigenvalue weighted by Gasteiger charge is 2.35. The fourth-order valence-corrected chi connectivity index (χ4v) is 0.752. The second-order valence-corrected chi connectivity index (χ2v) is 1.98. The maximum absolute atomic E-state index is 10.6. The largest absolute Gasteiger partial charge is 0.479 e. The number of ketones is 1. The third-order valence-corrected chi connectivity index (χ3v) is 1.21. The molecule has 1 aliphatic heterocycles. The van der Waals surface area contributed by atoms with Gasteiger partial charge in [0, 0.05) is 0 Å². The topological polar surface area (TPSA) is 83.5 Å². The number of amides is 1. The first-order valence-corrected chi connectivity index (χ1v) is 2.66. The van der Waals surface area contributed by atoms with Gasteiger partial charge in [0.15, 0.2) is 11.8 Å². The van der Waals surface area contributed by atoms with E-state index in [1.165, 1.54) is 0 Å². The smallest absolute Gasteiger partial charge is 0.334 e. The lowest BCUT2D eigenvalue weighted by Gasteiger charge is -1.98. The molecule has 54 valence electrons. The van der Waals surface area contributed by atoms with E-state index in [4.69, 9.17) is 5.11 Å². The number of hydrogen-bond donors (Lipinski definition) is 2. The van der Waals surface area contributed by atoms with Crippen molar-refractivity contribution in [2.24, 2.45) is 0 Å². The average Bonchev–Trinajstić information content (AvgIpc) is 2.10. The molecule has 5 heteroatoms. The van der Waals surface area contributed by atoms with Crippen LogP contribution in [0.4, 0.5) is 0 Å². The Bertz CT molecular complexity index is 210. The van der Waals surface area contributed by atoms with E-state index in [1.54, 1.807) is 0 Å². The van der Waals surface area contributed by atoms with Gasteiger partial charge in [-0.2, -0.15) is 0 Å². The van der Waals surface area contributed by atoms with Crippen LogP contribution in [0.1, 0.15) is 6.42 Å². The summed E-state index contributed by atoms with van der Waals surface area (Å²) in [7, 11) is 0. The molecule has 0 saturated carbocycles. The second-order valence-electron chi connectivity index (χ2n) is 1.98. The van der Waals surface area contributed by atoms with E-state index in [9.17, 15) is 14.4 Å². The van der Waals surface area contributed by atoms with Gasteiger partial charge in [-0.05, 0) is 0 Å². The van der Waals surface area contributed by atoms with Crippen LogP contribution in [0.2, 0.25) is 0 Å². The van der Waals surface area contributed by atoms with Crippen LogP contribution in [-0.2, 0) is 14.4 Å². The van der Waals surface area contributed by atoms with Gasteiger partial charge in [-0.3, -0.25) is 9.59 Å². The molecule has 5 nitrogen and oxygen atoms in total. The Morgan fingerprint density at radius 2 is 2.20 bits per heavy atom. The molecular formula is C5H5NO4. The van der Waals surface area contributed by atoms with E-state index in [2.05, 4.69) is 0 Å². The van der Waals surface area contributed by atoms with Crippen molar-refractivity contribution in [3.05, 3.63) is 0 Å². The van der Waals surface area contributed by atoms with Crippen molar-refractivity contribution >= 4 is 17.7 Å². The molecule has 0 spiro atoms. The van der Waals surface area contributed by atoms with Crippen molar-refractivity contribution in [1.29, 1.82) is 0 Å². The summed E-state index contributed by atoms with van der Waals surface area (Å²) in [6.07, 6.45) is -0.309. The van der Waals surface area contributed by atoms with Crippen LogP contribution in [0.5, 0.6) is 0 Å². The third-order valence-electron chi connectivity index (χ3n) is 1.21. The molecule has 2 N–H and O–H groups in total. The molecule has 0 aromatic rings. The quantitative estimate of drug-likeness (QED) is 0.439. The van der Waals surface area contributed by atoms with Gasteiger partial charge in [-0.15, -0.1) is 0 Å². The fraction of sp³-hybridized carbons (Fsp3) is 0.400. The number of carbonyl (C=O) groups is 3. The standard InChI is InChI=1S/C5H5NO4/c7-2-1-3(8)6-4(2)5(9)10/h4H,1H2,(H,6,8)(H,9,10). The number of carboxylic acids is 1. The van der Waals surface area contributed by atoms with Crippen LogP contribution >= 0.6 is 0 Å². The minimum atomic E-state index is -1.31. The minimum Gasteiger partial charge on any atom is -0.479 e. The highest BCUT2D eigenvalue weighted by atomic mass is 16.4. The zero-order chi connectivity index (χ0) is 7.72. The average molecular weight is 143 g/mol. The fourth-order valence-electron chi connectivity index (χ4n) is 0.752. The summed E-state index contributed by atoms with van der Waals surface area (Å²) in [6.45, 7) is 0. The zero-order valence-corrected chi connectivity index (χ0v) is 4.96. The van der Waals surface area contributed by atoms with E-state index in [0.29, 0.717) is 0 Å². The Kier molecular flexibility index (Phi) is 1.41. The molecule has 0 aliphatic carbocycles. The van der Waals surface area contributed by atoms with Gasteiger partial charge in [-0.1, -0.05) is 0 Å². The van der Waals surface area contributed by atoms with Crippen molar-refractivity contribution in [3.8, 4) is 0 Å². The van der Waals surface area contributed by atoms with Gasteiger partial charge in [0.05, 0.1) is 6.42 Å². The molecule has 1 atom stereocenters. The van der Waals surface area contributed by atoms with E-state index >= 15 is 0 Å². The molecule has 0 aromatic heterocycles. The monoisotopic (exact) mass is 143 g/mol. The highest BCUT2D eigenvalue weighted by molar-refractivity contribution is 6.16. The minimum absolute atomic E-state index is 0.309. The number of rotatable bonds is 1. The van der Waals surface area contributed by atoms with E-state index in [1.807, 2.05) is 5.32 Å². The molecule has 1 fully saturated rings. The van der Waals surface area contributed by atoms with E-state index in [-0.39, 0.29) is 6.42 Å². The molecule has 1 rings (SSSR count). The van der Waals surface area contributed by atoms with E-state index in [0.717, 1.165) is 0 Å². The second kappa shape index (κ2) is 2.09. The first-order chi connectivity index (χ1) is 4.61. The Morgan fingerprint density at radius 3 is 2.40 bits per heavy atom. The van der Waals surface area contributed by atoms with Crippen LogP contribution in [0, 0.1) is 0 Å². The molecule has 1 amide bonds. The molecule has 0 aromatic carbocycles. The molecule has 1 aliphatic rings. The normalized spacial score (nSPS) is 24.6. The van der Waals surface area contributed by atoms with Crippen molar-refractivity contribution in [1.82, 2.24) is 5.32 Å². The highest BCUT2D eigenvalue weighted by Crippen LogP contribution is 2.01. The molecule has 0 radical (unpaired) electrons. The molecular weight excluding hydrogens is 138 g/mol. The Hall–Kier alpha value is -1.39. The molecule has 10 heavy (non-hydrogen) atoms. The number of carboxylic acid groups (broad SMARTS) is 1. The maximum atomic E-state index is 10.6. The number of aliphatic carboxylic acids is 1. The SMILES string of the molecule is O=C1CC(=O)C(C(=O)O)N1. The third kappa shape index (κ3) is 0.975. The Labute approximate surface area is 56.0 Å². The van der Waals surface area contributed by atoms with Crippen molar-refractivity contribution in [2.45, 2.75) is 12.5 Å². The maximum Gasteiger partial charge on any atom is 0.334 e. The lowest BCUT2D eigenvalue weighted by atomic mass is 10.2. The first-order valence-electron chi connectivity index (χ1n) is 2.66. The van der Waals surface area contributed by atoms with Crippen LogP contribution in [-0.4, -0.2) is 28.8 Å². The number of carbonyl (C=O) groups excluding carboxylic acids is 2. The molecule has 0 bridgehead atoms. The summed E-state index contributed by atoms with van der Waals surface area (Å²) in [5.41, 5.74) is 0. The lowest BCUT2D eigenvalue weighted by Crippen LogP contribution is -2.36. The van der Waals surface area contributed by atoms with Gasteiger partial charge < -0.3 is 10.4 Å². The summed E-state index contributed by atoms with van der Waals surface area (Å²) in [5, 5.41) is 10.3. The number of nitrogens with one attached hydrogen (secondary N) is 1. The number of Topliss-reactive ketones (excluding diaryl/α,β-unsaturated/α-hetero) is 1. The van der Waals surface area contributed by atoms with Gasteiger partial charge in [-0.25, -0.2) is 4.79 Å². The van der Waals surface area contributed by atoms with Crippen LogP contribution in [0.25, 0.3) is 0 Å². The predicted molar refractivity (Wildman–Crippen MR) is 29.2 cm³/mol. The van der Waals surface area contributed by atoms with Gasteiger partial charge >= 0.3 is 5.97 Å². The number of hydrogen-bond acceptors (Lipinski definition) is 3. The van der Waals surface area contributed by atoms with Gasteiger partial charge in [0.25, 0.3) is 0 Å². The molecule has 1 unspecified atom stereocenters. The summed E-state index contributed by atoms with van der Waals surface area (Å²) in [6, 6.07) is -1.31. The predicted octanol–water partition coefficient (Wildman–Crippen LogP) is -1.47. The summed E-state index contributed by atoms with van der Waals surface area (Å²) in [4.78, 5) is 31.1. The Morgan fingerprint density at radius 1 is 1.60 bits per heavy atom. The first kappa shape index (κ1) is 6.73. The van der Waals surface area contributed by atoms with Gasteiger partial charge in [0.1, 0.15) is 0 Å². The summed E-state index contributed by atoms with van der Waals surface area (Å²) < 4.78 is 0. The van der Waals surface area contributed by atoms with Crippen LogP contribution in [0.3, 0.4) is 0 Å². The van der Waals surface area contributed by atoms with Crippen molar-refractivity contribution in [2.75, 3.05) is 0 Å². The molecule has 1 heterocycles. The van der Waals surface area contributed by atoms with Gasteiger partial charge in [0.2, 0.25) is 5.91 Å². The van der Waals surface area contributed by atoms with Crippen molar-refractivity contribution in [3.63, 3.8) is 0 Å². The lowest BCUT2D eigenvalue weighted by molar-refractivity contribution is -0.142. The Balaban J connectivity index is 2.72. The van der Waals surface area contributed by atoms with Crippen molar-refractivity contribution < 1.29 is 19.5 Å². The summed E-state index contributed by atoms with van der Waals surface area (Å²) in [5.74, 6) is -2.38. The zero-order valence-electron chi connectivity index (χ0n) is 4.96. The van der Waals surface area contributed by atoms with Crippen LogP contribution < -0.4 is 5.32 Å². The van der Waals surface area contributed by atoms with Crippen LogP contribution in [0.15, 0.2) is 0 Å². The molecule has 1 saturated heterocycles. The summed E-state index contributed by atoms with van der Waals surface area (Å²) >= 11 is 0.